The lowest BCUT2D eigenvalue weighted by molar-refractivity contribution is -0.172. The van der Waals surface area contributed by atoms with Crippen LogP contribution in [0.2, 0.25) is 0 Å². The number of fused-ring (bicyclic) bond motifs is 1. The van der Waals surface area contributed by atoms with Gasteiger partial charge >= 0.3 is 11.9 Å². The Hall–Kier alpha value is -2.21. The molecule has 0 spiro atoms. The van der Waals surface area contributed by atoms with Crippen LogP contribution in [0.1, 0.15) is 73.1 Å². The summed E-state index contributed by atoms with van der Waals surface area (Å²) in [6.45, 7) is 13.8. The molecule has 0 aliphatic heterocycles. The first kappa shape index (κ1) is 27.0. The molecule has 0 aromatic carbocycles. The van der Waals surface area contributed by atoms with Crippen molar-refractivity contribution in [2.24, 2.45) is 23.2 Å². The molecule has 0 amide bonds. The van der Waals surface area contributed by atoms with Gasteiger partial charge in [0.05, 0.1) is 0 Å². The van der Waals surface area contributed by atoms with Crippen LogP contribution in [-0.2, 0) is 23.9 Å². The number of ketones is 1. The first-order chi connectivity index (χ1) is 15.5. The maximum Gasteiger partial charge on any atom is 0.331 e. The van der Waals surface area contributed by atoms with Crippen molar-refractivity contribution in [3.63, 3.8) is 0 Å². The number of unbranched alkanes of at least 4 members (excludes halogenated alkanes) is 1. The fraction of sp³-hybridized carbons (Fsp3) is 0.667. The number of carbonyl (C=O) groups is 3. The summed E-state index contributed by atoms with van der Waals surface area (Å²) in [6.07, 6.45) is 8.40. The van der Waals surface area contributed by atoms with E-state index < -0.39 is 24.1 Å². The average molecular weight is 461 g/mol. The van der Waals surface area contributed by atoms with Crippen molar-refractivity contribution in [1.29, 1.82) is 0 Å². The van der Waals surface area contributed by atoms with Gasteiger partial charge in [0.1, 0.15) is 18.3 Å². The topological polar surface area (TPSA) is 89.9 Å². The fourth-order valence-electron chi connectivity index (χ4n) is 5.23. The second kappa shape index (κ2) is 11.8. The molecule has 1 N–H and O–H groups in total. The fourth-order valence-corrected chi connectivity index (χ4v) is 5.23. The minimum atomic E-state index is -1.00. The van der Waals surface area contributed by atoms with Crippen molar-refractivity contribution >= 4 is 17.7 Å². The summed E-state index contributed by atoms with van der Waals surface area (Å²) in [4.78, 5) is 37.0. The molecule has 33 heavy (non-hydrogen) atoms. The largest absolute Gasteiger partial charge is 0.459 e. The second-order valence-corrected chi connectivity index (χ2v) is 9.84. The number of Topliss-reactive ketones (excluding diaryl/α,β-unsaturated/α-hetero) is 1. The maximum absolute atomic E-state index is 12.6. The number of rotatable bonds is 9. The van der Waals surface area contributed by atoms with Gasteiger partial charge in [0, 0.05) is 18.1 Å². The lowest BCUT2D eigenvalue weighted by Gasteiger charge is -2.54. The molecule has 6 nitrogen and oxygen atoms in total. The molecule has 0 bridgehead atoms. The smallest absolute Gasteiger partial charge is 0.331 e. The Labute approximate surface area is 198 Å². The molecular weight excluding hydrogens is 420 g/mol. The van der Waals surface area contributed by atoms with Crippen LogP contribution in [0.25, 0.3) is 0 Å². The Morgan fingerprint density at radius 3 is 2.55 bits per heavy atom. The van der Waals surface area contributed by atoms with Crippen molar-refractivity contribution in [3.05, 3.63) is 36.5 Å². The van der Waals surface area contributed by atoms with Crippen LogP contribution in [0.15, 0.2) is 36.5 Å². The van der Waals surface area contributed by atoms with E-state index in [0.29, 0.717) is 25.7 Å². The highest BCUT2D eigenvalue weighted by molar-refractivity contribution is 5.89. The Balaban J connectivity index is 2.01. The van der Waals surface area contributed by atoms with Crippen molar-refractivity contribution in [1.82, 2.24) is 0 Å². The van der Waals surface area contributed by atoms with E-state index in [0.717, 1.165) is 18.4 Å². The molecule has 2 rings (SSSR count). The Bertz CT molecular complexity index is 796. The minimum absolute atomic E-state index is 0.0262. The molecule has 0 aromatic rings. The van der Waals surface area contributed by atoms with Crippen molar-refractivity contribution in [2.45, 2.75) is 91.5 Å². The third kappa shape index (κ3) is 6.44. The highest BCUT2D eigenvalue weighted by atomic mass is 16.5. The van der Waals surface area contributed by atoms with E-state index in [9.17, 15) is 19.5 Å². The number of esters is 2. The van der Waals surface area contributed by atoms with Gasteiger partial charge in [0.2, 0.25) is 0 Å². The van der Waals surface area contributed by atoms with Gasteiger partial charge in [-0.25, -0.2) is 9.59 Å². The predicted octanol–water partition coefficient (Wildman–Crippen LogP) is 4.71. The zero-order valence-corrected chi connectivity index (χ0v) is 20.7. The molecule has 2 aliphatic carbocycles. The zero-order chi connectivity index (χ0) is 24.8. The molecule has 2 aliphatic rings. The standard InChI is InChI=1S/C27H40O6/c1-7-9-10-11-23(28)32-19(8-2)12-15-24(29)33-22-14-13-21-26(31)25(30)20(17(3)4)16-27(21,6)18(22)5/h10-12,15,18-22,26,31H,3,7-9,13-14,16H2,1-2,4-6H3. The molecule has 2 saturated carbocycles. The Kier molecular flexibility index (Phi) is 9.65. The number of hydrogen-bond acceptors (Lipinski definition) is 6. The van der Waals surface area contributed by atoms with E-state index >= 15 is 0 Å². The van der Waals surface area contributed by atoms with E-state index in [-0.39, 0.29) is 35.1 Å². The molecule has 0 radical (unpaired) electrons. The van der Waals surface area contributed by atoms with Crippen LogP contribution in [0, 0.1) is 23.2 Å². The van der Waals surface area contributed by atoms with Crippen LogP contribution in [-0.4, -0.2) is 41.1 Å². The minimum Gasteiger partial charge on any atom is -0.459 e. The summed E-state index contributed by atoms with van der Waals surface area (Å²) in [5.74, 6) is -1.59. The maximum atomic E-state index is 12.6. The van der Waals surface area contributed by atoms with Gasteiger partial charge in [-0.15, -0.1) is 0 Å². The van der Waals surface area contributed by atoms with Gasteiger partial charge in [-0.3, -0.25) is 4.79 Å². The summed E-state index contributed by atoms with van der Waals surface area (Å²) < 4.78 is 11.1. The molecule has 7 unspecified atom stereocenters. The number of ether oxygens (including phenoxy) is 2. The molecule has 6 heteroatoms. The normalized spacial score (nSPS) is 33.0. The summed E-state index contributed by atoms with van der Waals surface area (Å²) in [7, 11) is 0. The molecular formula is C27H40O6. The SMILES string of the molecule is C=C(C)C1CC2(C)C(C)C(OC(=O)C=CC(CC)OC(=O)C=CCCC)CCC2C(O)C1=O. The van der Waals surface area contributed by atoms with E-state index in [1.54, 1.807) is 12.2 Å². The monoisotopic (exact) mass is 460 g/mol. The first-order valence-corrected chi connectivity index (χ1v) is 12.2. The van der Waals surface area contributed by atoms with Gasteiger partial charge < -0.3 is 14.6 Å². The van der Waals surface area contributed by atoms with Crippen LogP contribution in [0.5, 0.6) is 0 Å². The van der Waals surface area contributed by atoms with Gasteiger partial charge in [-0.1, -0.05) is 52.3 Å². The number of carbonyl (C=O) groups excluding carboxylic acids is 3. The summed E-state index contributed by atoms with van der Waals surface area (Å²) in [5, 5.41) is 10.7. The molecule has 7 atom stereocenters. The van der Waals surface area contributed by atoms with Crippen molar-refractivity contribution in [3.8, 4) is 0 Å². The Morgan fingerprint density at radius 2 is 1.94 bits per heavy atom. The highest BCUT2D eigenvalue weighted by Crippen LogP contribution is 2.55. The molecule has 2 fully saturated rings. The predicted molar refractivity (Wildman–Crippen MR) is 127 cm³/mol. The van der Waals surface area contributed by atoms with E-state index in [4.69, 9.17) is 9.47 Å². The lowest BCUT2D eigenvalue weighted by atomic mass is 9.51. The zero-order valence-electron chi connectivity index (χ0n) is 20.7. The van der Waals surface area contributed by atoms with Gasteiger partial charge in [0.25, 0.3) is 0 Å². The van der Waals surface area contributed by atoms with E-state index in [1.807, 2.05) is 27.7 Å². The highest BCUT2D eigenvalue weighted by Gasteiger charge is 2.56. The first-order valence-electron chi connectivity index (χ1n) is 12.2. The number of hydrogen-bond donors (Lipinski definition) is 1. The summed E-state index contributed by atoms with van der Waals surface area (Å²) in [6, 6.07) is 0. The second-order valence-electron chi connectivity index (χ2n) is 9.84. The van der Waals surface area contributed by atoms with Crippen LogP contribution in [0.3, 0.4) is 0 Å². The third-order valence-electron chi connectivity index (χ3n) is 7.56. The Morgan fingerprint density at radius 1 is 1.24 bits per heavy atom. The van der Waals surface area contributed by atoms with Crippen LogP contribution >= 0.6 is 0 Å². The quantitative estimate of drug-likeness (QED) is 0.304. The van der Waals surface area contributed by atoms with E-state index in [2.05, 4.69) is 13.5 Å². The van der Waals surface area contributed by atoms with Gasteiger partial charge in [-0.2, -0.15) is 0 Å². The summed E-state index contributed by atoms with van der Waals surface area (Å²) >= 11 is 0. The number of aliphatic hydroxyl groups is 1. The van der Waals surface area contributed by atoms with Crippen LogP contribution < -0.4 is 0 Å². The van der Waals surface area contributed by atoms with Crippen molar-refractivity contribution < 1.29 is 29.0 Å². The van der Waals surface area contributed by atoms with E-state index in [1.165, 1.54) is 12.2 Å². The summed E-state index contributed by atoms with van der Waals surface area (Å²) in [5.41, 5.74) is 0.425. The van der Waals surface area contributed by atoms with Gasteiger partial charge in [0.15, 0.2) is 5.78 Å². The molecule has 184 valence electrons. The van der Waals surface area contributed by atoms with Crippen LogP contribution in [0.4, 0.5) is 0 Å². The number of allylic oxidation sites excluding steroid dienone is 2. The average Bonchev–Trinajstić information content (AvgIpc) is 2.76. The van der Waals surface area contributed by atoms with Gasteiger partial charge in [-0.05, 0) is 62.4 Å². The molecule has 0 saturated heterocycles. The molecule has 0 aromatic heterocycles. The third-order valence-corrected chi connectivity index (χ3v) is 7.56. The lowest BCUT2D eigenvalue weighted by Crippen LogP contribution is -2.57. The molecule has 0 heterocycles. The number of aliphatic hydroxyl groups excluding tert-OH is 1. The van der Waals surface area contributed by atoms with Crippen molar-refractivity contribution in [2.75, 3.05) is 0 Å².